The van der Waals surface area contributed by atoms with Gasteiger partial charge in [-0.2, -0.15) is 0 Å². The van der Waals surface area contributed by atoms with Gasteiger partial charge in [-0.05, 0) is 30.9 Å². The van der Waals surface area contributed by atoms with Crippen molar-refractivity contribution >= 4 is 11.9 Å². The Kier molecular flexibility index (Phi) is 15.6. The standard InChI is InChI=1S/C27H44O4/c1-4-7-9-11-13-15-21-30-26(28)24-20-17-19-23(18-6-3)25(24)27(29)31-22-16-14-12-10-8-5-2/h17,19-20H,4-16,18,21-22H2,1-3H3. The lowest BCUT2D eigenvalue weighted by Crippen LogP contribution is -2.17. The molecule has 0 aliphatic heterocycles. The van der Waals surface area contributed by atoms with Gasteiger partial charge in [0.25, 0.3) is 0 Å². The molecule has 0 amide bonds. The number of hydrogen-bond acceptors (Lipinski definition) is 4. The maximum absolute atomic E-state index is 12.8. The van der Waals surface area contributed by atoms with Crippen LogP contribution in [0.1, 0.15) is 131 Å². The fraction of sp³-hybridized carbons (Fsp3) is 0.704. The summed E-state index contributed by atoms with van der Waals surface area (Å²) in [6, 6.07) is 5.43. The minimum absolute atomic E-state index is 0.338. The third kappa shape index (κ3) is 11.4. The van der Waals surface area contributed by atoms with Crippen LogP contribution in [-0.4, -0.2) is 25.2 Å². The van der Waals surface area contributed by atoms with Crippen molar-refractivity contribution in [2.24, 2.45) is 0 Å². The topological polar surface area (TPSA) is 52.6 Å². The van der Waals surface area contributed by atoms with Crippen molar-refractivity contribution in [1.82, 2.24) is 0 Å². The molecule has 4 heteroatoms. The van der Waals surface area contributed by atoms with Crippen LogP contribution in [-0.2, 0) is 15.9 Å². The van der Waals surface area contributed by atoms with E-state index in [1.807, 2.05) is 12.1 Å². The highest BCUT2D eigenvalue weighted by molar-refractivity contribution is 6.04. The van der Waals surface area contributed by atoms with Gasteiger partial charge in [0.1, 0.15) is 0 Å². The molecule has 1 aromatic carbocycles. The Labute approximate surface area is 190 Å². The number of rotatable bonds is 18. The van der Waals surface area contributed by atoms with Gasteiger partial charge in [0.15, 0.2) is 0 Å². The molecule has 0 aliphatic rings. The summed E-state index contributed by atoms with van der Waals surface area (Å²) in [4.78, 5) is 25.6. The van der Waals surface area contributed by atoms with E-state index < -0.39 is 11.9 Å². The van der Waals surface area contributed by atoms with Crippen LogP contribution in [0, 0.1) is 0 Å². The van der Waals surface area contributed by atoms with E-state index in [4.69, 9.17) is 9.47 Å². The predicted molar refractivity (Wildman–Crippen MR) is 128 cm³/mol. The number of ether oxygens (including phenoxy) is 2. The molecule has 0 N–H and O–H groups in total. The summed E-state index contributed by atoms with van der Waals surface area (Å²) in [7, 11) is 0. The summed E-state index contributed by atoms with van der Waals surface area (Å²) in [5.41, 5.74) is 1.60. The molecular formula is C27H44O4. The lowest BCUT2D eigenvalue weighted by atomic mass is 9.97. The minimum Gasteiger partial charge on any atom is -0.462 e. The molecule has 176 valence electrons. The highest BCUT2D eigenvalue weighted by atomic mass is 16.5. The second-order valence-electron chi connectivity index (χ2n) is 8.40. The zero-order valence-corrected chi connectivity index (χ0v) is 20.2. The van der Waals surface area contributed by atoms with Crippen LogP contribution in [0.15, 0.2) is 18.2 Å². The Bertz CT molecular complexity index is 624. The molecule has 31 heavy (non-hydrogen) atoms. The maximum Gasteiger partial charge on any atom is 0.339 e. The molecular weight excluding hydrogens is 388 g/mol. The first kappa shape index (κ1) is 27.2. The molecule has 1 rings (SSSR count). The monoisotopic (exact) mass is 432 g/mol. The highest BCUT2D eigenvalue weighted by Crippen LogP contribution is 2.20. The zero-order chi connectivity index (χ0) is 22.7. The molecule has 0 atom stereocenters. The van der Waals surface area contributed by atoms with E-state index >= 15 is 0 Å². The van der Waals surface area contributed by atoms with Gasteiger partial charge in [-0.3, -0.25) is 0 Å². The molecule has 0 aromatic heterocycles. The summed E-state index contributed by atoms with van der Waals surface area (Å²) >= 11 is 0. The molecule has 1 aromatic rings. The van der Waals surface area contributed by atoms with Crippen LogP contribution in [0.3, 0.4) is 0 Å². The molecule has 0 radical (unpaired) electrons. The Balaban J connectivity index is 2.62. The normalized spacial score (nSPS) is 10.8. The van der Waals surface area contributed by atoms with Gasteiger partial charge in [-0.25, -0.2) is 9.59 Å². The first-order valence-electron chi connectivity index (χ1n) is 12.6. The van der Waals surface area contributed by atoms with Crippen LogP contribution >= 0.6 is 0 Å². The Morgan fingerprint density at radius 2 is 1.16 bits per heavy atom. The van der Waals surface area contributed by atoms with E-state index in [9.17, 15) is 9.59 Å². The number of hydrogen-bond donors (Lipinski definition) is 0. The number of benzene rings is 1. The van der Waals surface area contributed by atoms with Gasteiger partial charge in [-0.15, -0.1) is 0 Å². The molecule has 0 unspecified atom stereocenters. The van der Waals surface area contributed by atoms with Gasteiger partial charge in [0.2, 0.25) is 0 Å². The molecule has 0 heterocycles. The van der Waals surface area contributed by atoms with Gasteiger partial charge < -0.3 is 9.47 Å². The second kappa shape index (κ2) is 17.8. The summed E-state index contributed by atoms with van der Waals surface area (Å²) in [6.07, 6.45) is 15.3. The Hall–Kier alpha value is -1.84. The summed E-state index contributed by atoms with van der Waals surface area (Å²) in [6.45, 7) is 7.26. The summed E-state index contributed by atoms with van der Waals surface area (Å²) in [5.74, 6) is -0.817. The van der Waals surface area contributed by atoms with Crippen molar-refractivity contribution in [3.8, 4) is 0 Å². The molecule has 0 saturated heterocycles. The highest BCUT2D eigenvalue weighted by Gasteiger charge is 2.22. The average molecular weight is 433 g/mol. The number of carbonyl (C=O) groups excluding carboxylic acids is 2. The number of aryl methyl sites for hydroxylation is 1. The van der Waals surface area contributed by atoms with Crippen molar-refractivity contribution in [3.05, 3.63) is 34.9 Å². The Morgan fingerprint density at radius 3 is 1.71 bits per heavy atom. The van der Waals surface area contributed by atoms with E-state index in [1.54, 1.807) is 6.07 Å². The average Bonchev–Trinajstić information content (AvgIpc) is 2.77. The quantitative estimate of drug-likeness (QED) is 0.176. The number of esters is 2. The third-order valence-electron chi connectivity index (χ3n) is 5.56. The van der Waals surface area contributed by atoms with Crippen LogP contribution in [0.4, 0.5) is 0 Å². The smallest absolute Gasteiger partial charge is 0.339 e. The van der Waals surface area contributed by atoms with E-state index in [0.717, 1.165) is 44.1 Å². The minimum atomic E-state index is -0.418. The number of carbonyl (C=O) groups is 2. The summed E-state index contributed by atoms with van der Waals surface area (Å²) in [5, 5.41) is 0. The largest absolute Gasteiger partial charge is 0.462 e. The van der Waals surface area contributed by atoms with Gasteiger partial charge in [0, 0.05) is 0 Å². The fourth-order valence-electron chi connectivity index (χ4n) is 3.73. The first-order chi connectivity index (χ1) is 15.2. The van der Waals surface area contributed by atoms with Crippen LogP contribution in [0.25, 0.3) is 0 Å². The van der Waals surface area contributed by atoms with Gasteiger partial charge in [-0.1, -0.05) is 104 Å². The van der Waals surface area contributed by atoms with Crippen LogP contribution < -0.4 is 0 Å². The summed E-state index contributed by atoms with van der Waals surface area (Å²) < 4.78 is 11.0. The lowest BCUT2D eigenvalue weighted by Gasteiger charge is -2.14. The van der Waals surface area contributed by atoms with Crippen molar-refractivity contribution in [3.63, 3.8) is 0 Å². The lowest BCUT2D eigenvalue weighted by molar-refractivity contribution is 0.0449. The molecule has 4 nitrogen and oxygen atoms in total. The number of unbranched alkanes of at least 4 members (excludes halogenated alkanes) is 10. The van der Waals surface area contributed by atoms with Crippen LogP contribution in [0.5, 0.6) is 0 Å². The molecule has 0 saturated carbocycles. The zero-order valence-electron chi connectivity index (χ0n) is 20.2. The van der Waals surface area contributed by atoms with Crippen molar-refractivity contribution in [2.75, 3.05) is 13.2 Å². The fourth-order valence-corrected chi connectivity index (χ4v) is 3.73. The second-order valence-corrected chi connectivity index (χ2v) is 8.40. The van der Waals surface area contributed by atoms with Crippen molar-refractivity contribution < 1.29 is 19.1 Å². The third-order valence-corrected chi connectivity index (χ3v) is 5.56. The van der Waals surface area contributed by atoms with Crippen molar-refractivity contribution in [2.45, 2.75) is 111 Å². The molecule has 0 spiro atoms. The maximum atomic E-state index is 12.8. The van der Waals surface area contributed by atoms with E-state index in [0.29, 0.717) is 24.3 Å². The van der Waals surface area contributed by atoms with Gasteiger partial charge in [0.05, 0.1) is 24.3 Å². The first-order valence-corrected chi connectivity index (χ1v) is 12.6. The van der Waals surface area contributed by atoms with E-state index in [-0.39, 0.29) is 0 Å². The van der Waals surface area contributed by atoms with Crippen molar-refractivity contribution in [1.29, 1.82) is 0 Å². The van der Waals surface area contributed by atoms with Crippen LogP contribution in [0.2, 0.25) is 0 Å². The molecule has 0 bridgehead atoms. The van der Waals surface area contributed by atoms with E-state index in [1.165, 1.54) is 51.4 Å². The predicted octanol–water partition coefficient (Wildman–Crippen LogP) is 7.67. The Morgan fingerprint density at radius 1 is 0.645 bits per heavy atom. The van der Waals surface area contributed by atoms with Gasteiger partial charge >= 0.3 is 11.9 Å². The molecule has 0 aliphatic carbocycles. The molecule has 0 fully saturated rings. The SMILES string of the molecule is CCCCCCCCOC(=O)c1cccc(CCC)c1C(=O)OCCCCCCCC. The van der Waals surface area contributed by atoms with E-state index in [2.05, 4.69) is 20.8 Å².